The van der Waals surface area contributed by atoms with E-state index in [0.717, 1.165) is 6.26 Å². The van der Waals surface area contributed by atoms with Gasteiger partial charge in [-0.2, -0.15) is 0 Å². The largest absolute Gasteiger partial charge is 0.479 e. The molecule has 9 nitrogen and oxygen atoms in total. The topological polar surface area (TPSA) is 108 Å². The first-order valence-electron chi connectivity index (χ1n) is 9.65. The molecule has 1 aromatic rings. The summed E-state index contributed by atoms with van der Waals surface area (Å²) in [6.45, 7) is 2.20. The number of benzene rings is 1. The van der Waals surface area contributed by atoms with E-state index in [1.807, 2.05) is 0 Å². The van der Waals surface area contributed by atoms with Gasteiger partial charge in [-0.3, -0.25) is 9.10 Å². The van der Waals surface area contributed by atoms with E-state index in [2.05, 4.69) is 4.74 Å². The van der Waals surface area contributed by atoms with Crippen LogP contribution in [0.15, 0.2) is 24.3 Å². The van der Waals surface area contributed by atoms with Crippen LogP contribution in [0.4, 0.5) is 5.69 Å². The predicted molar refractivity (Wildman–Crippen MR) is 128 cm³/mol. The number of ether oxygens (including phenoxy) is 4. The predicted octanol–water partition coefficient (Wildman–Crippen LogP) is 2.63. The monoisotopic (exact) mass is 507 g/mol. The summed E-state index contributed by atoms with van der Waals surface area (Å²) in [7, 11) is 0.320. The van der Waals surface area contributed by atoms with E-state index in [9.17, 15) is 18.0 Å². The van der Waals surface area contributed by atoms with Crippen LogP contribution in [0.3, 0.4) is 0 Å². The highest BCUT2D eigenvalue weighted by molar-refractivity contribution is 8.23. The van der Waals surface area contributed by atoms with E-state index in [1.165, 1.54) is 61.7 Å². The molecule has 180 valence electrons. The molecular formula is C20H29NO8S3. The Bertz CT molecular complexity index is 869. The molecule has 0 aliphatic carbocycles. The molecule has 1 unspecified atom stereocenters. The Morgan fingerprint density at radius 1 is 1.12 bits per heavy atom. The van der Waals surface area contributed by atoms with Crippen LogP contribution in [-0.2, 0) is 33.8 Å². The number of rotatable bonds is 13. The number of carbonyl (C=O) groups is 2. The van der Waals surface area contributed by atoms with Crippen molar-refractivity contribution in [3.63, 3.8) is 0 Å². The van der Waals surface area contributed by atoms with E-state index in [1.54, 1.807) is 6.92 Å². The molecule has 0 aliphatic rings. The third-order valence-electron chi connectivity index (χ3n) is 4.28. The zero-order valence-corrected chi connectivity index (χ0v) is 21.2. The zero-order valence-electron chi connectivity index (χ0n) is 18.7. The Hall–Kier alpha value is -1.73. The Morgan fingerprint density at radius 2 is 1.72 bits per heavy atom. The van der Waals surface area contributed by atoms with Gasteiger partial charge in [0.2, 0.25) is 20.7 Å². The van der Waals surface area contributed by atoms with E-state index < -0.39 is 22.3 Å². The second-order valence-electron chi connectivity index (χ2n) is 6.56. The lowest BCUT2D eigenvalue weighted by molar-refractivity contribution is -0.156. The number of anilines is 1. The summed E-state index contributed by atoms with van der Waals surface area (Å²) >= 11 is 6.40. The highest BCUT2D eigenvalue weighted by Gasteiger charge is 2.26. The summed E-state index contributed by atoms with van der Waals surface area (Å²) in [6, 6.07) is 6.01. The first-order chi connectivity index (χ1) is 15.1. The lowest BCUT2D eigenvalue weighted by atomic mass is 10.1. The fourth-order valence-corrected chi connectivity index (χ4v) is 5.25. The maximum Gasteiger partial charge on any atom is 0.337 e. The van der Waals surface area contributed by atoms with Crippen molar-refractivity contribution >= 4 is 55.8 Å². The fraction of sp³-hybridized carbons (Fsp3) is 0.550. The first kappa shape index (κ1) is 28.3. The van der Waals surface area contributed by atoms with Gasteiger partial charge in [0, 0.05) is 32.4 Å². The normalized spacial score (nSPS) is 12.3. The highest BCUT2D eigenvalue weighted by atomic mass is 32.2. The molecule has 0 N–H and O–H groups in total. The van der Waals surface area contributed by atoms with Crippen LogP contribution >= 0.6 is 24.0 Å². The van der Waals surface area contributed by atoms with Crippen LogP contribution in [-0.4, -0.2) is 76.8 Å². The minimum atomic E-state index is -3.68. The summed E-state index contributed by atoms with van der Waals surface area (Å²) in [5.74, 6) is -0.793. The number of thioether (sulfide) groups is 1. The SMILES string of the molecule is CCOC(=S)SC(CCC(=O)C(OC)OC)CN(c1ccc(C(=O)OC)cc1)S(C)(=O)=O. The number of thiocarbonyl (C=S) groups is 1. The van der Waals surface area contributed by atoms with Crippen molar-refractivity contribution in [1.82, 2.24) is 0 Å². The number of ketones is 1. The van der Waals surface area contributed by atoms with Gasteiger partial charge in [0.05, 0.1) is 31.2 Å². The molecule has 32 heavy (non-hydrogen) atoms. The third-order valence-corrected chi connectivity index (χ3v) is 6.87. The number of nitrogens with zero attached hydrogens (tertiary/aromatic N) is 1. The van der Waals surface area contributed by atoms with Crippen molar-refractivity contribution in [1.29, 1.82) is 0 Å². The molecule has 1 rings (SSSR count). The second kappa shape index (κ2) is 13.7. The van der Waals surface area contributed by atoms with Gasteiger partial charge in [-0.15, -0.1) is 0 Å². The molecule has 0 bridgehead atoms. The number of esters is 1. The van der Waals surface area contributed by atoms with Crippen LogP contribution < -0.4 is 4.31 Å². The van der Waals surface area contributed by atoms with Gasteiger partial charge in [-0.1, -0.05) is 11.8 Å². The van der Waals surface area contributed by atoms with E-state index >= 15 is 0 Å². The van der Waals surface area contributed by atoms with Crippen LogP contribution in [0.2, 0.25) is 0 Å². The van der Waals surface area contributed by atoms with Gasteiger partial charge in [0.1, 0.15) is 0 Å². The lowest BCUT2D eigenvalue weighted by Crippen LogP contribution is -2.37. The molecule has 0 fully saturated rings. The van der Waals surface area contributed by atoms with Crippen molar-refractivity contribution in [2.24, 2.45) is 0 Å². The molecule has 12 heteroatoms. The van der Waals surface area contributed by atoms with Crippen molar-refractivity contribution in [3.8, 4) is 0 Å². The molecule has 1 aromatic carbocycles. The number of carbonyl (C=O) groups excluding carboxylic acids is 2. The Morgan fingerprint density at radius 3 is 2.19 bits per heavy atom. The summed E-state index contributed by atoms with van der Waals surface area (Å²) in [6.07, 6.45) is 0.501. The van der Waals surface area contributed by atoms with Crippen molar-refractivity contribution in [2.45, 2.75) is 31.3 Å². The Labute approximate surface area is 198 Å². The summed E-state index contributed by atoms with van der Waals surface area (Å²) < 4.78 is 46.5. The minimum absolute atomic E-state index is 0.0339. The van der Waals surface area contributed by atoms with Crippen molar-refractivity contribution in [3.05, 3.63) is 29.8 Å². The van der Waals surface area contributed by atoms with Gasteiger partial charge < -0.3 is 18.9 Å². The second-order valence-corrected chi connectivity index (χ2v) is 10.4. The van der Waals surface area contributed by atoms with Crippen molar-refractivity contribution < 1.29 is 37.0 Å². The number of Topliss-reactive ketones (excluding diaryl/α,β-unsaturated/α-hetero) is 1. The van der Waals surface area contributed by atoms with E-state index in [0.29, 0.717) is 24.3 Å². The van der Waals surface area contributed by atoms with Crippen LogP contribution in [0.5, 0.6) is 0 Å². The molecule has 1 atom stereocenters. The van der Waals surface area contributed by atoms with Gasteiger partial charge in [-0.25, -0.2) is 13.2 Å². The third kappa shape index (κ3) is 9.02. The van der Waals surface area contributed by atoms with Crippen LogP contribution in [0, 0.1) is 0 Å². The maximum absolute atomic E-state index is 12.5. The molecule has 0 aromatic heterocycles. The number of hydrogen-bond acceptors (Lipinski definition) is 10. The summed E-state index contributed by atoms with van der Waals surface area (Å²) in [4.78, 5) is 24.0. The zero-order chi connectivity index (χ0) is 24.3. The summed E-state index contributed by atoms with van der Waals surface area (Å²) in [5.41, 5.74) is 0.662. The van der Waals surface area contributed by atoms with Gasteiger partial charge >= 0.3 is 5.97 Å². The summed E-state index contributed by atoms with van der Waals surface area (Å²) in [5, 5.41) is -0.387. The van der Waals surface area contributed by atoms with Crippen LogP contribution in [0.1, 0.15) is 30.1 Å². The quantitative estimate of drug-likeness (QED) is 0.225. The van der Waals surface area contributed by atoms with Crippen LogP contribution in [0.25, 0.3) is 0 Å². The van der Waals surface area contributed by atoms with E-state index in [-0.39, 0.29) is 28.4 Å². The molecular weight excluding hydrogens is 478 g/mol. The maximum atomic E-state index is 12.5. The average Bonchev–Trinajstić information content (AvgIpc) is 2.75. The molecule has 0 heterocycles. The van der Waals surface area contributed by atoms with Crippen molar-refractivity contribution in [2.75, 3.05) is 45.0 Å². The minimum Gasteiger partial charge on any atom is -0.479 e. The Balaban J connectivity index is 3.12. The lowest BCUT2D eigenvalue weighted by Gasteiger charge is -2.27. The number of hydrogen-bond donors (Lipinski definition) is 0. The first-order valence-corrected chi connectivity index (χ1v) is 12.8. The molecule has 0 amide bonds. The molecule has 0 radical (unpaired) electrons. The molecule has 0 saturated heterocycles. The number of sulfonamides is 1. The smallest absolute Gasteiger partial charge is 0.337 e. The average molecular weight is 508 g/mol. The fourth-order valence-electron chi connectivity index (χ4n) is 2.75. The van der Waals surface area contributed by atoms with Gasteiger partial charge in [-0.05, 0) is 49.8 Å². The van der Waals surface area contributed by atoms with Gasteiger partial charge in [0.25, 0.3) is 0 Å². The highest BCUT2D eigenvalue weighted by Crippen LogP contribution is 2.26. The molecule has 0 spiro atoms. The number of methoxy groups -OCH3 is 3. The Kier molecular flexibility index (Phi) is 12.1. The standard InChI is InChI=1S/C20H29NO8S3/c1-6-29-20(30)31-16(11-12-17(22)19(27-3)28-4)13-21(32(5,24)25)15-9-7-14(8-10-15)18(23)26-2/h7-10,16,19H,6,11-13H2,1-5H3. The van der Waals surface area contributed by atoms with Gasteiger partial charge in [0.15, 0.2) is 5.78 Å². The molecule has 0 saturated carbocycles. The van der Waals surface area contributed by atoms with E-state index in [4.69, 9.17) is 26.4 Å². The molecule has 0 aliphatic heterocycles.